The summed E-state index contributed by atoms with van der Waals surface area (Å²) in [6, 6.07) is 10.3. The molecular formula is C22H26FN3O5S. The van der Waals surface area contributed by atoms with Gasteiger partial charge in [0.05, 0.1) is 17.5 Å². The van der Waals surface area contributed by atoms with Crippen molar-refractivity contribution < 1.29 is 27.4 Å². The van der Waals surface area contributed by atoms with Crippen molar-refractivity contribution in [1.29, 1.82) is 0 Å². The minimum Gasteiger partial charge on any atom is -0.497 e. The molecule has 2 heterocycles. The Labute approximate surface area is 186 Å². The van der Waals surface area contributed by atoms with Crippen molar-refractivity contribution in [2.45, 2.75) is 18.4 Å². The third-order valence-electron chi connectivity index (χ3n) is 5.04. The Morgan fingerprint density at radius 1 is 1.16 bits per heavy atom. The summed E-state index contributed by atoms with van der Waals surface area (Å²) in [6.45, 7) is 5.55. The number of nitrogens with one attached hydrogen (secondary N) is 1. The van der Waals surface area contributed by atoms with Crippen LogP contribution in [-0.4, -0.2) is 61.7 Å². The molecule has 4 rings (SSSR count). The van der Waals surface area contributed by atoms with Crippen molar-refractivity contribution >= 4 is 26.9 Å². The fourth-order valence-corrected chi connectivity index (χ4v) is 4.89. The predicted molar refractivity (Wildman–Crippen MR) is 119 cm³/mol. The lowest BCUT2D eigenvalue weighted by Crippen LogP contribution is -2.42. The van der Waals surface area contributed by atoms with Crippen LogP contribution in [0.4, 0.5) is 4.39 Å². The number of piperazine rings is 1. The van der Waals surface area contributed by atoms with E-state index in [1.165, 1.54) is 16.1 Å². The van der Waals surface area contributed by atoms with Gasteiger partial charge in [0.15, 0.2) is 0 Å². The zero-order chi connectivity index (χ0) is 23.3. The molecule has 1 aromatic heterocycles. The summed E-state index contributed by atoms with van der Waals surface area (Å²) >= 11 is 0. The Morgan fingerprint density at radius 2 is 1.78 bits per heavy atom. The summed E-state index contributed by atoms with van der Waals surface area (Å²) in [5, 5.41) is 11.6. The number of carboxylic acids is 1. The molecule has 0 atom stereocenters. The molecular weight excluding hydrogens is 437 g/mol. The number of rotatable bonds is 5. The SMILES string of the molecule is CC(=O)O.COc1cc(CN2CCNCC2)c2ccn(S(=O)(=O)c3ccc(F)cc3)c2c1. The highest BCUT2D eigenvalue weighted by atomic mass is 32.2. The van der Waals surface area contributed by atoms with Crippen LogP contribution in [0.3, 0.4) is 0 Å². The fourth-order valence-electron chi connectivity index (χ4n) is 3.55. The highest BCUT2D eigenvalue weighted by Gasteiger charge is 2.21. The van der Waals surface area contributed by atoms with Gasteiger partial charge in [-0.25, -0.2) is 16.8 Å². The van der Waals surface area contributed by atoms with Crippen molar-refractivity contribution in [1.82, 2.24) is 14.2 Å². The van der Waals surface area contributed by atoms with Crippen molar-refractivity contribution in [3.63, 3.8) is 0 Å². The molecule has 0 radical (unpaired) electrons. The van der Waals surface area contributed by atoms with E-state index in [1.54, 1.807) is 19.4 Å². The van der Waals surface area contributed by atoms with Crippen LogP contribution in [0.15, 0.2) is 53.6 Å². The maximum atomic E-state index is 13.2. The van der Waals surface area contributed by atoms with Crippen LogP contribution in [0, 0.1) is 5.82 Å². The van der Waals surface area contributed by atoms with E-state index in [-0.39, 0.29) is 4.90 Å². The smallest absolute Gasteiger partial charge is 0.300 e. The molecule has 0 amide bonds. The molecule has 172 valence electrons. The van der Waals surface area contributed by atoms with Crippen LogP contribution in [0.5, 0.6) is 5.75 Å². The minimum absolute atomic E-state index is 0.0397. The molecule has 10 heteroatoms. The molecule has 0 saturated carbocycles. The van der Waals surface area contributed by atoms with E-state index in [0.29, 0.717) is 11.3 Å². The average molecular weight is 464 g/mol. The molecule has 0 bridgehead atoms. The van der Waals surface area contributed by atoms with Crippen LogP contribution in [0.25, 0.3) is 10.9 Å². The Kier molecular flexibility index (Phi) is 7.49. The first-order valence-electron chi connectivity index (χ1n) is 10.0. The van der Waals surface area contributed by atoms with Gasteiger partial charge in [0.2, 0.25) is 0 Å². The number of halogens is 1. The van der Waals surface area contributed by atoms with Gasteiger partial charge in [-0.2, -0.15) is 0 Å². The minimum atomic E-state index is -3.84. The van der Waals surface area contributed by atoms with Crippen LogP contribution in [-0.2, 0) is 21.4 Å². The first-order valence-corrected chi connectivity index (χ1v) is 11.5. The summed E-state index contributed by atoms with van der Waals surface area (Å²) in [6.07, 6.45) is 1.55. The van der Waals surface area contributed by atoms with E-state index < -0.39 is 21.8 Å². The maximum Gasteiger partial charge on any atom is 0.300 e. The van der Waals surface area contributed by atoms with Crippen molar-refractivity contribution in [2.75, 3.05) is 33.3 Å². The number of methoxy groups -OCH3 is 1. The molecule has 2 N–H and O–H groups in total. The maximum absolute atomic E-state index is 13.2. The molecule has 0 aliphatic carbocycles. The van der Waals surface area contributed by atoms with Crippen LogP contribution in [0.2, 0.25) is 0 Å². The number of hydrogen-bond donors (Lipinski definition) is 2. The first-order chi connectivity index (χ1) is 15.2. The summed E-state index contributed by atoms with van der Waals surface area (Å²) in [5.74, 6) is -0.705. The Morgan fingerprint density at radius 3 is 2.38 bits per heavy atom. The lowest BCUT2D eigenvalue weighted by Gasteiger charge is -2.27. The normalized spacial score (nSPS) is 14.6. The number of carbonyl (C=O) groups is 1. The van der Waals surface area contributed by atoms with Gasteiger partial charge >= 0.3 is 0 Å². The molecule has 1 saturated heterocycles. The van der Waals surface area contributed by atoms with Crippen LogP contribution in [0.1, 0.15) is 12.5 Å². The van der Waals surface area contributed by atoms with E-state index in [2.05, 4.69) is 10.2 Å². The fraction of sp³-hybridized carbons (Fsp3) is 0.318. The van der Waals surface area contributed by atoms with E-state index in [9.17, 15) is 12.8 Å². The zero-order valence-corrected chi connectivity index (χ0v) is 18.7. The average Bonchev–Trinajstić information content (AvgIpc) is 3.19. The Hall–Kier alpha value is -2.95. The monoisotopic (exact) mass is 463 g/mol. The van der Waals surface area contributed by atoms with Gasteiger partial charge in [-0.05, 0) is 42.0 Å². The van der Waals surface area contributed by atoms with Gasteiger partial charge < -0.3 is 15.2 Å². The van der Waals surface area contributed by atoms with E-state index in [4.69, 9.17) is 14.6 Å². The second kappa shape index (κ2) is 10.1. The number of carboxylic acid groups (broad SMARTS) is 1. The van der Waals surface area contributed by atoms with Gasteiger partial charge in [-0.3, -0.25) is 9.69 Å². The van der Waals surface area contributed by atoms with Gasteiger partial charge in [0, 0.05) is 57.3 Å². The predicted octanol–water partition coefficient (Wildman–Crippen LogP) is 2.52. The third-order valence-corrected chi connectivity index (χ3v) is 6.75. The third kappa shape index (κ3) is 5.45. The highest BCUT2D eigenvalue weighted by molar-refractivity contribution is 7.90. The van der Waals surface area contributed by atoms with Crippen molar-refractivity contribution in [3.05, 3.63) is 60.0 Å². The largest absolute Gasteiger partial charge is 0.497 e. The first kappa shape index (κ1) is 23.7. The number of nitrogens with zero attached hydrogens (tertiary/aromatic N) is 2. The number of aromatic nitrogens is 1. The van der Waals surface area contributed by atoms with E-state index in [0.717, 1.165) is 62.7 Å². The number of ether oxygens (including phenoxy) is 1. The summed E-state index contributed by atoms with van der Waals surface area (Å²) in [4.78, 5) is 11.4. The molecule has 8 nitrogen and oxygen atoms in total. The summed E-state index contributed by atoms with van der Waals surface area (Å²) in [7, 11) is -2.28. The summed E-state index contributed by atoms with van der Waals surface area (Å²) in [5.41, 5.74) is 1.57. The van der Waals surface area contributed by atoms with E-state index >= 15 is 0 Å². The Bertz CT molecular complexity index is 1180. The second-order valence-corrected chi connectivity index (χ2v) is 9.15. The number of hydrogen-bond acceptors (Lipinski definition) is 6. The van der Waals surface area contributed by atoms with Gasteiger partial charge in [-0.15, -0.1) is 0 Å². The molecule has 32 heavy (non-hydrogen) atoms. The highest BCUT2D eigenvalue weighted by Crippen LogP contribution is 2.30. The van der Waals surface area contributed by atoms with Crippen LogP contribution < -0.4 is 10.1 Å². The number of fused-ring (bicyclic) bond motifs is 1. The summed E-state index contributed by atoms with van der Waals surface area (Å²) < 4.78 is 46.1. The lowest BCUT2D eigenvalue weighted by atomic mass is 10.1. The molecule has 0 unspecified atom stereocenters. The number of benzene rings is 2. The van der Waals surface area contributed by atoms with Crippen molar-refractivity contribution in [3.8, 4) is 5.75 Å². The van der Waals surface area contributed by atoms with Gasteiger partial charge in [-0.1, -0.05) is 0 Å². The van der Waals surface area contributed by atoms with Crippen molar-refractivity contribution in [2.24, 2.45) is 0 Å². The zero-order valence-electron chi connectivity index (χ0n) is 17.9. The number of aliphatic carboxylic acids is 1. The quantitative estimate of drug-likeness (QED) is 0.600. The topological polar surface area (TPSA) is 101 Å². The Balaban J connectivity index is 0.000000668. The van der Waals surface area contributed by atoms with Crippen LogP contribution >= 0.6 is 0 Å². The standard InChI is InChI=1S/C20H22FN3O3S.C2H4O2/c1-27-17-12-15(14-23-10-7-22-8-11-23)19-6-9-24(20(19)13-17)28(25,26)18-4-2-16(21)3-5-18;1-2(3)4/h2-6,9,12-13,22H,7-8,10-11,14H2,1H3;1H3,(H,3,4). The van der Waals surface area contributed by atoms with E-state index in [1.807, 2.05) is 12.1 Å². The molecule has 0 spiro atoms. The molecule has 1 fully saturated rings. The molecule has 3 aromatic rings. The molecule has 1 aliphatic heterocycles. The van der Waals surface area contributed by atoms with Gasteiger partial charge in [0.25, 0.3) is 16.0 Å². The second-order valence-electron chi connectivity index (χ2n) is 7.34. The lowest BCUT2D eigenvalue weighted by molar-refractivity contribution is -0.134. The van der Waals surface area contributed by atoms with Gasteiger partial charge in [0.1, 0.15) is 11.6 Å². The molecule has 1 aliphatic rings. The molecule has 2 aromatic carbocycles.